The normalized spacial score (nSPS) is 15.3. The zero-order valence-corrected chi connectivity index (χ0v) is 13.4. The predicted molar refractivity (Wildman–Crippen MR) is 84.8 cm³/mol. The fraction of sp³-hybridized carbons (Fsp3) is 0.625. The zero-order valence-electron chi connectivity index (χ0n) is 12.6. The Kier molecular flexibility index (Phi) is 5.90. The maximum absolute atomic E-state index is 9.81. The summed E-state index contributed by atoms with van der Waals surface area (Å²) in [5.41, 5.74) is 6.36. The van der Waals surface area contributed by atoms with E-state index in [1.807, 2.05) is 11.8 Å². The van der Waals surface area contributed by atoms with Crippen molar-refractivity contribution in [1.29, 1.82) is 0 Å². The van der Waals surface area contributed by atoms with Crippen LogP contribution in [-0.4, -0.2) is 23.0 Å². The zero-order chi connectivity index (χ0) is 14.5. The smallest absolute Gasteiger partial charge is 0.0741 e. The Morgan fingerprint density at radius 2 is 1.68 bits per heavy atom. The minimum absolute atomic E-state index is 0.211. The van der Waals surface area contributed by atoms with Crippen molar-refractivity contribution in [3.05, 3.63) is 29.8 Å². The first kappa shape index (κ1) is 16.5. The number of benzene rings is 1. The highest BCUT2D eigenvalue weighted by Crippen LogP contribution is 2.26. The van der Waals surface area contributed by atoms with Crippen molar-refractivity contribution in [3.8, 4) is 0 Å². The van der Waals surface area contributed by atoms with Gasteiger partial charge in [-0.1, -0.05) is 32.9 Å². The van der Waals surface area contributed by atoms with Crippen LogP contribution in [0.5, 0.6) is 0 Å². The molecule has 0 aliphatic heterocycles. The Labute approximate surface area is 121 Å². The van der Waals surface area contributed by atoms with Crippen LogP contribution in [-0.2, 0) is 5.41 Å². The molecule has 3 heteroatoms. The van der Waals surface area contributed by atoms with E-state index in [1.54, 1.807) is 6.92 Å². The molecule has 0 radical (unpaired) electrons. The van der Waals surface area contributed by atoms with Crippen LogP contribution < -0.4 is 5.73 Å². The Morgan fingerprint density at radius 1 is 1.11 bits per heavy atom. The third-order valence-corrected chi connectivity index (χ3v) is 4.39. The lowest BCUT2D eigenvalue weighted by Crippen LogP contribution is -2.34. The number of hydrogen-bond donors (Lipinski definition) is 2. The number of aliphatic hydroxyl groups is 1. The minimum atomic E-state index is -0.712. The Bertz CT molecular complexity index is 379. The van der Waals surface area contributed by atoms with Gasteiger partial charge in [0.25, 0.3) is 0 Å². The third-order valence-electron chi connectivity index (χ3n) is 3.29. The van der Waals surface area contributed by atoms with Gasteiger partial charge >= 0.3 is 0 Å². The first-order valence-corrected chi connectivity index (χ1v) is 7.89. The largest absolute Gasteiger partial charge is 0.389 e. The number of thioether (sulfide) groups is 1. The van der Waals surface area contributed by atoms with Crippen molar-refractivity contribution < 1.29 is 5.11 Å². The van der Waals surface area contributed by atoms with Gasteiger partial charge in [0.1, 0.15) is 0 Å². The molecule has 1 aromatic carbocycles. The molecule has 0 saturated carbocycles. The van der Waals surface area contributed by atoms with Gasteiger partial charge in [-0.3, -0.25) is 0 Å². The van der Waals surface area contributed by atoms with Crippen LogP contribution in [0.2, 0.25) is 0 Å². The fourth-order valence-corrected chi connectivity index (χ4v) is 2.65. The average molecular weight is 281 g/mol. The molecular weight excluding hydrogens is 254 g/mol. The van der Waals surface area contributed by atoms with Crippen LogP contribution >= 0.6 is 11.8 Å². The van der Waals surface area contributed by atoms with E-state index >= 15 is 0 Å². The second-order valence-corrected chi connectivity index (χ2v) is 7.60. The molecule has 108 valence electrons. The summed E-state index contributed by atoms with van der Waals surface area (Å²) < 4.78 is 0. The molecule has 0 bridgehead atoms. The predicted octanol–water partition coefficient (Wildman–Crippen LogP) is 3.57. The van der Waals surface area contributed by atoms with Crippen LogP contribution in [0.25, 0.3) is 0 Å². The van der Waals surface area contributed by atoms with Crippen LogP contribution in [0, 0.1) is 0 Å². The van der Waals surface area contributed by atoms with Crippen molar-refractivity contribution >= 4 is 11.8 Å². The number of rotatable bonds is 6. The van der Waals surface area contributed by atoms with Gasteiger partial charge in [0.05, 0.1) is 5.60 Å². The summed E-state index contributed by atoms with van der Waals surface area (Å²) in [7, 11) is 0. The summed E-state index contributed by atoms with van der Waals surface area (Å²) in [6.07, 6.45) is 1.74. The summed E-state index contributed by atoms with van der Waals surface area (Å²) in [5, 5.41) is 9.81. The standard InChI is InChI=1S/C16H27NOS/c1-15(2,3)13-6-8-14(9-7-13)19-11-5-10-16(4,18)12-17/h6-9,18H,5,10-12,17H2,1-4H3. The first-order chi connectivity index (χ1) is 8.74. The van der Waals surface area contributed by atoms with E-state index in [9.17, 15) is 5.11 Å². The van der Waals surface area contributed by atoms with Crippen molar-refractivity contribution in [2.75, 3.05) is 12.3 Å². The molecule has 0 saturated heterocycles. The highest BCUT2D eigenvalue weighted by atomic mass is 32.2. The molecule has 0 fully saturated rings. The van der Waals surface area contributed by atoms with Crippen molar-refractivity contribution in [3.63, 3.8) is 0 Å². The molecule has 0 aliphatic rings. The fourth-order valence-electron chi connectivity index (χ4n) is 1.80. The average Bonchev–Trinajstić information content (AvgIpc) is 2.34. The maximum Gasteiger partial charge on any atom is 0.0741 e. The monoisotopic (exact) mass is 281 g/mol. The summed E-state index contributed by atoms with van der Waals surface area (Å²) in [4.78, 5) is 1.29. The summed E-state index contributed by atoms with van der Waals surface area (Å²) in [6.45, 7) is 8.81. The highest BCUT2D eigenvalue weighted by Gasteiger charge is 2.17. The molecule has 0 heterocycles. The first-order valence-electron chi connectivity index (χ1n) is 6.90. The highest BCUT2D eigenvalue weighted by molar-refractivity contribution is 7.99. The quantitative estimate of drug-likeness (QED) is 0.619. The summed E-state index contributed by atoms with van der Waals surface area (Å²) >= 11 is 1.84. The topological polar surface area (TPSA) is 46.2 Å². The lowest BCUT2D eigenvalue weighted by molar-refractivity contribution is 0.0596. The van der Waals surface area contributed by atoms with Gasteiger partial charge in [0.2, 0.25) is 0 Å². The van der Waals surface area contributed by atoms with Gasteiger partial charge in [0.15, 0.2) is 0 Å². The molecule has 0 amide bonds. The van der Waals surface area contributed by atoms with Crippen LogP contribution in [0.15, 0.2) is 29.2 Å². The lowest BCUT2D eigenvalue weighted by atomic mass is 9.87. The van der Waals surface area contributed by atoms with Crippen LogP contribution in [0.3, 0.4) is 0 Å². The van der Waals surface area contributed by atoms with Gasteiger partial charge in [0, 0.05) is 11.4 Å². The van der Waals surface area contributed by atoms with Gasteiger partial charge in [-0.25, -0.2) is 0 Å². The van der Waals surface area contributed by atoms with Crippen LogP contribution in [0.4, 0.5) is 0 Å². The van der Waals surface area contributed by atoms with Gasteiger partial charge in [-0.05, 0) is 48.6 Å². The van der Waals surface area contributed by atoms with Crippen molar-refractivity contribution in [2.45, 2.75) is 56.4 Å². The van der Waals surface area contributed by atoms with Gasteiger partial charge < -0.3 is 10.8 Å². The second kappa shape index (κ2) is 6.78. The summed E-state index contributed by atoms with van der Waals surface area (Å²) in [6, 6.07) is 8.79. The maximum atomic E-state index is 9.81. The Hall–Kier alpha value is -0.510. The molecule has 0 aromatic heterocycles. The van der Waals surface area contributed by atoms with E-state index in [4.69, 9.17) is 5.73 Å². The molecular formula is C16H27NOS. The molecule has 0 spiro atoms. The molecule has 1 atom stereocenters. The summed E-state index contributed by atoms with van der Waals surface area (Å²) in [5.74, 6) is 1.02. The van der Waals surface area contributed by atoms with Crippen molar-refractivity contribution in [2.24, 2.45) is 5.73 Å². The lowest BCUT2D eigenvalue weighted by Gasteiger charge is -2.20. The van der Waals surface area contributed by atoms with E-state index in [0.29, 0.717) is 6.54 Å². The Balaban J connectivity index is 2.39. The molecule has 3 N–H and O–H groups in total. The molecule has 1 rings (SSSR count). The molecule has 2 nitrogen and oxygen atoms in total. The van der Waals surface area contributed by atoms with E-state index in [0.717, 1.165) is 18.6 Å². The van der Waals surface area contributed by atoms with E-state index in [-0.39, 0.29) is 5.41 Å². The van der Waals surface area contributed by atoms with Crippen LogP contribution in [0.1, 0.15) is 46.1 Å². The second-order valence-electron chi connectivity index (χ2n) is 6.43. The third kappa shape index (κ3) is 5.98. The number of nitrogens with two attached hydrogens (primary N) is 1. The SMILES string of the molecule is CC(O)(CN)CCCSc1ccc(C(C)(C)C)cc1. The van der Waals surface area contributed by atoms with E-state index in [2.05, 4.69) is 45.0 Å². The molecule has 0 aliphatic carbocycles. The van der Waals surface area contributed by atoms with Crippen molar-refractivity contribution in [1.82, 2.24) is 0 Å². The van der Waals surface area contributed by atoms with Gasteiger partial charge in [-0.2, -0.15) is 0 Å². The van der Waals surface area contributed by atoms with E-state index in [1.165, 1.54) is 10.5 Å². The van der Waals surface area contributed by atoms with Gasteiger partial charge in [-0.15, -0.1) is 11.8 Å². The Morgan fingerprint density at radius 3 is 2.16 bits per heavy atom. The molecule has 1 aromatic rings. The van der Waals surface area contributed by atoms with E-state index < -0.39 is 5.60 Å². The minimum Gasteiger partial charge on any atom is -0.389 e. The molecule has 1 unspecified atom stereocenters. The molecule has 19 heavy (non-hydrogen) atoms. The number of hydrogen-bond acceptors (Lipinski definition) is 3.